The molecule has 50 heavy (non-hydrogen) atoms. The highest BCUT2D eigenvalue weighted by atomic mass is 16.3. The molecule has 0 aliphatic carbocycles. The average Bonchev–Trinajstić information content (AvgIpc) is 3.77. The molecule has 0 aliphatic rings. The Bertz CT molecular complexity index is 2870. The first-order chi connectivity index (χ1) is 24.8. The van der Waals surface area contributed by atoms with Crippen molar-refractivity contribution in [3.05, 3.63) is 164 Å². The molecule has 0 atom stereocenters. The second kappa shape index (κ2) is 11.4. The zero-order valence-corrected chi connectivity index (χ0v) is 26.7. The second-order valence-corrected chi connectivity index (χ2v) is 12.4. The van der Waals surface area contributed by atoms with Crippen molar-refractivity contribution >= 4 is 43.9 Å². The van der Waals surface area contributed by atoms with Crippen LogP contribution in [-0.4, -0.2) is 15.0 Å². The molecule has 5 nitrogen and oxygen atoms in total. The van der Waals surface area contributed by atoms with E-state index in [-0.39, 0.29) is 0 Å². The smallest absolute Gasteiger partial charge is 0.164 e. The highest BCUT2D eigenvalue weighted by Crippen LogP contribution is 2.45. The summed E-state index contributed by atoms with van der Waals surface area (Å²) >= 11 is 0. The molecule has 0 fully saturated rings. The Morgan fingerprint density at radius 2 is 1.02 bits per heavy atom. The zero-order valence-electron chi connectivity index (χ0n) is 26.7. The van der Waals surface area contributed by atoms with E-state index in [1.54, 1.807) is 6.20 Å². The number of para-hydroxylation sites is 2. The first-order valence-electron chi connectivity index (χ1n) is 16.6. The molecule has 0 saturated heterocycles. The summed E-state index contributed by atoms with van der Waals surface area (Å²) in [6.45, 7) is 0. The van der Waals surface area contributed by atoms with E-state index in [1.165, 1.54) is 0 Å². The van der Waals surface area contributed by atoms with Gasteiger partial charge in [0, 0.05) is 50.6 Å². The van der Waals surface area contributed by atoms with Crippen molar-refractivity contribution in [2.24, 2.45) is 0 Å². The summed E-state index contributed by atoms with van der Waals surface area (Å²) in [6.07, 6.45) is 3.67. The highest BCUT2D eigenvalue weighted by Gasteiger charge is 2.22. The average molecular weight is 642 g/mol. The van der Waals surface area contributed by atoms with E-state index in [9.17, 15) is 0 Å². The summed E-state index contributed by atoms with van der Waals surface area (Å²) in [4.78, 5) is 14.8. The Kier molecular flexibility index (Phi) is 6.42. The van der Waals surface area contributed by atoms with Crippen molar-refractivity contribution in [1.82, 2.24) is 15.0 Å². The summed E-state index contributed by atoms with van der Waals surface area (Å²) in [5.74, 6) is 0.593. The van der Waals surface area contributed by atoms with Crippen LogP contribution in [0.5, 0.6) is 0 Å². The predicted molar refractivity (Wildman–Crippen MR) is 202 cm³/mol. The molecule has 0 radical (unpaired) electrons. The number of aromatic nitrogens is 3. The molecular weight excluding hydrogens is 615 g/mol. The lowest BCUT2D eigenvalue weighted by Gasteiger charge is -2.12. The molecule has 0 saturated carbocycles. The molecule has 0 bridgehead atoms. The third kappa shape index (κ3) is 4.60. The number of hydrogen-bond acceptors (Lipinski definition) is 5. The summed E-state index contributed by atoms with van der Waals surface area (Å²) in [5, 5.41) is 4.22. The molecule has 10 rings (SSSR count). The Morgan fingerprint density at radius 1 is 0.400 bits per heavy atom. The van der Waals surface area contributed by atoms with E-state index >= 15 is 0 Å². The molecule has 5 heteroatoms. The van der Waals surface area contributed by atoms with Crippen molar-refractivity contribution in [2.75, 3.05) is 0 Å². The van der Waals surface area contributed by atoms with E-state index in [0.717, 1.165) is 94.2 Å². The first-order valence-corrected chi connectivity index (χ1v) is 16.6. The van der Waals surface area contributed by atoms with Crippen LogP contribution in [0.3, 0.4) is 0 Å². The molecule has 234 valence electrons. The lowest BCUT2D eigenvalue weighted by molar-refractivity contribution is 0.668. The summed E-state index contributed by atoms with van der Waals surface area (Å²) in [6, 6.07) is 51.7. The molecule has 0 amide bonds. The van der Waals surface area contributed by atoms with Gasteiger partial charge in [-0.2, -0.15) is 0 Å². The normalized spacial score (nSPS) is 11.6. The van der Waals surface area contributed by atoms with Gasteiger partial charge in [-0.3, -0.25) is 4.98 Å². The van der Waals surface area contributed by atoms with Crippen LogP contribution < -0.4 is 0 Å². The van der Waals surface area contributed by atoms with Gasteiger partial charge in [0.15, 0.2) is 5.82 Å². The van der Waals surface area contributed by atoms with Gasteiger partial charge in [-0.05, 0) is 59.2 Å². The molecule has 4 heterocycles. The molecule has 0 N–H and O–H groups in total. The van der Waals surface area contributed by atoms with Gasteiger partial charge in [0.05, 0.1) is 17.0 Å². The molecule has 0 spiro atoms. The summed E-state index contributed by atoms with van der Waals surface area (Å²) in [7, 11) is 0. The second-order valence-electron chi connectivity index (χ2n) is 12.4. The minimum Gasteiger partial charge on any atom is -0.456 e. The van der Waals surface area contributed by atoms with E-state index in [4.69, 9.17) is 18.8 Å². The zero-order chi connectivity index (χ0) is 33.0. The van der Waals surface area contributed by atoms with Crippen molar-refractivity contribution in [3.8, 4) is 56.2 Å². The van der Waals surface area contributed by atoms with Gasteiger partial charge in [0.25, 0.3) is 0 Å². The number of hydrogen-bond donors (Lipinski definition) is 0. The van der Waals surface area contributed by atoms with Gasteiger partial charge in [0.1, 0.15) is 22.3 Å². The summed E-state index contributed by atoms with van der Waals surface area (Å²) in [5.41, 5.74) is 12.0. The minimum atomic E-state index is 0.593. The van der Waals surface area contributed by atoms with Crippen molar-refractivity contribution in [3.63, 3.8) is 0 Å². The number of furan rings is 2. The van der Waals surface area contributed by atoms with Gasteiger partial charge in [-0.15, -0.1) is 0 Å². The molecule has 0 aliphatic heterocycles. The fraction of sp³-hybridized carbons (Fsp3) is 0. The Balaban J connectivity index is 1.23. The first kappa shape index (κ1) is 28.2. The maximum atomic E-state index is 6.74. The molecule has 10 aromatic rings. The van der Waals surface area contributed by atoms with E-state index in [0.29, 0.717) is 5.82 Å². The van der Waals surface area contributed by atoms with Crippen LogP contribution in [0.15, 0.2) is 173 Å². The van der Waals surface area contributed by atoms with Crippen LogP contribution in [0.4, 0.5) is 0 Å². The van der Waals surface area contributed by atoms with Gasteiger partial charge in [-0.25, -0.2) is 9.97 Å². The van der Waals surface area contributed by atoms with E-state index in [2.05, 4.69) is 102 Å². The number of nitrogens with zero attached hydrogens (tertiary/aromatic N) is 3. The van der Waals surface area contributed by atoms with Gasteiger partial charge in [-0.1, -0.05) is 109 Å². The predicted octanol–water partition coefficient (Wildman–Crippen LogP) is 12.0. The van der Waals surface area contributed by atoms with Crippen molar-refractivity contribution in [1.29, 1.82) is 0 Å². The van der Waals surface area contributed by atoms with E-state index in [1.807, 2.05) is 60.8 Å². The largest absolute Gasteiger partial charge is 0.456 e. The van der Waals surface area contributed by atoms with Crippen LogP contribution in [0, 0.1) is 0 Å². The molecular formula is C45H27N3O2. The SMILES string of the molecule is c1ccc(-c2cc(-c3cccc(-c4cccnc4)c3)nc(-c3ccc(-c4cccc5oc6ccccc6c45)c4c3oc3ccccc34)n2)cc1. The quantitative estimate of drug-likeness (QED) is 0.187. The highest BCUT2D eigenvalue weighted by molar-refractivity contribution is 6.21. The van der Waals surface area contributed by atoms with Gasteiger partial charge in [0.2, 0.25) is 0 Å². The topological polar surface area (TPSA) is 65.0 Å². The number of rotatable bonds is 5. The molecule has 0 unspecified atom stereocenters. The van der Waals surface area contributed by atoms with Crippen LogP contribution in [0.25, 0.3) is 100 Å². The molecule has 6 aromatic carbocycles. The maximum Gasteiger partial charge on any atom is 0.164 e. The fourth-order valence-electron chi connectivity index (χ4n) is 7.09. The van der Waals surface area contributed by atoms with E-state index < -0.39 is 0 Å². The standard InChI is InChI=1S/C45H27N3O2/c1-2-11-28(12-3-1)37-26-38(30-14-8-13-29(25-30)31-15-10-24-46-27-31)48-45(47-37)36-23-22-33(43-35-17-5-7-20-40(35)50-44(36)43)32-18-9-21-41-42(32)34-16-4-6-19-39(34)49-41/h1-27H. The number of pyridine rings is 1. The van der Waals surface area contributed by atoms with Crippen molar-refractivity contribution < 1.29 is 8.83 Å². The van der Waals surface area contributed by atoms with Crippen LogP contribution >= 0.6 is 0 Å². The Morgan fingerprint density at radius 3 is 1.84 bits per heavy atom. The lowest BCUT2D eigenvalue weighted by Crippen LogP contribution is -1.97. The third-order valence-corrected chi connectivity index (χ3v) is 9.41. The minimum absolute atomic E-state index is 0.593. The van der Waals surface area contributed by atoms with Crippen LogP contribution in [0.2, 0.25) is 0 Å². The number of fused-ring (bicyclic) bond motifs is 6. The Labute approximate surface area is 287 Å². The van der Waals surface area contributed by atoms with Gasteiger partial charge >= 0.3 is 0 Å². The van der Waals surface area contributed by atoms with Crippen molar-refractivity contribution in [2.45, 2.75) is 0 Å². The maximum absolute atomic E-state index is 6.74. The summed E-state index contributed by atoms with van der Waals surface area (Å²) < 4.78 is 13.0. The molecule has 4 aromatic heterocycles. The number of benzene rings is 6. The Hall–Kier alpha value is -6.85. The lowest BCUT2D eigenvalue weighted by atomic mass is 9.93. The monoisotopic (exact) mass is 641 g/mol. The third-order valence-electron chi connectivity index (χ3n) is 9.41. The fourth-order valence-corrected chi connectivity index (χ4v) is 7.09. The van der Waals surface area contributed by atoms with Crippen LogP contribution in [-0.2, 0) is 0 Å². The van der Waals surface area contributed by atoms with Gasteiger partial charge < -0.3 is 8.83 Å². The van der Waals surface area contributed by atoms with Crippen LogP contribution in [0.1, 0.15) is 0 Å².